The van der Waals surface area contributed by atoms with E-state index in [1.54, 1.807) is 6.92 Å². The molecule has 2 heteroatoms. The van der Waals surface area contributed by atoms with Gasteiger partial charge in [0.15, 0.2) is 5.78 Å². The molecule has 0 amide bonds. The number of carbonyl (C=O) groups is 1. The molecule has 16 heavy (non-hydrogen) atoms. The number of Topliss-reactive ketones (excluding diaryl/α,β-unsaturated/α-hetero) is 1. The largest absolute Gasteiger partial charge is 0.358 e. The van der Waals surface area contributed by atoms with Crippen molar-refractivity contribution in [2.75, 3.05) is 0 Å². The number of aromatic nitrogens is 1. The topological polar surface area (TPSA) is 32.9 Å². The van der Waals surface area contributed by atoms with Gasteiger partial charge in [0.25, 0.3) is 0 Å². The number of hydrogen-bond acceptors (Lipinski definition) is 1. The number of H-pyrrole nitrogens is 1. The molecule has 2 nitrogen and oxygen atoms in total. The van der Waals surface area contributed by atoms with Gasteiger partial charge >= 0.3 is 0 Å². The van der Waals surface area contributed by atoms with Crippen LogP contribution in [-0.2, 0) is 12.8 Å². The molecule has 0 aliphatic heterocycles. The highest BCUT2D eigenvalue weighted by Gasteiger charge is 2.18. The molecule has 0 spiro atoms. The molecular formula is C14H15NO. The standard InChI is InChI=1S/C14H15NO/c1-9(16)10-6-4-8-13-14(10)11-5-2-3-7-12(11)15-13/h4,6,8,15H,2-3,5,7H2,1H3. The van der Waals surface area contributed by atoms with E-state index in [-0.39, 0.29) is 5.78 Å². The smallest absolute Gasteiger partial charge is 0.160 e. The van der Waals surface area contributed by atoms with Crippen molar-refractivity contribution >= 4 is 16.7 Å². The molecule has 1 heterocycles. The lowest BCUT2D eigenvalue weighted by atomic mass is 9.93. The van der Waals surface area contributed by atoms with E-state index in [1.165, 1.54) is 29.5 Å². The summed E-state index contributed by atoms with van der Waals surface area (Å²) in [5, 5.41) is 1.17. The fourth-order valence-corrected chi connectivity index (χ4v) is 2.76. The number of fused-ring (bicyclic) bond motifs is 3. The van der Waals surface area contributed by atoms with E-state index in [2.05, 4.69) is 11.1 Å². The first kappa shape index (κ1) is 9.64. The molecule has 2 aromatic rings. The Morgan fingerprint density at radius 1 is 1.25 bits per heavy atom. The summed E-state index contributed by atoms with van der Waals surface area (Å²) < 4.78 is 0. The third-order valence-electron chi connectivity index (χ3n) is 3.50. The Bertz CT molecular complexity index is 565. The summed E-state index contributed by atoms with van der Waals surface area (Å²) in [4.78, 5) is 15.1. The molecule has 82 valence electrons. The molecule has 1 N–H and O–H groups in total. The normalized spacial score (nSPS) is 15.1. The molecule has 1 aliphatic rings. The van der Waals surface area contributed by atoms with Crippen molar-refractivity contribution in [3.05, 3.63) is 35.0 Å². The second-order valence-corrected chi connectivity index (χ2v) is 4.57. The third-order valence-corrected chi connectivity index (χ3v) is 3.50. The van der Waals surface area contributed by atoms with Crippen LogP contribution in [0, 0.1) is 0 Å². The van der Waals surface area contributed by atoms with Crippen LogP contribution in [0.25, 0.3) is 10.9 Å². The van der Waals surface area contributed by atoms with Gasteiger partial charge in [-0.3, -0.25) is 4.79 Å². The van der Waals surface area contributed by atoms with Crippen LogP contribution in [0.5, 0.6) is 0 Å². The van der Waals surface area contributed by atoms with Crippen LogP contribution < -0.4 is 0 Å². The molecule has 0 saturated carbocycles. The zero-order valence-electron chi connectivity index (χ0n) is 9.47. The lowest BCUT2D eigenvalue weighted by Crippen LogP contribution is -2.01. The van der Waals surface area contributed by atoms with Crippen molar-refractivity contribution in [1.29, 1.82) is 0 Å². The minimum Gasteiger partial charge on any atom is -0.358 e. The Morgan fingerprint density at radius 2 is 2.06 bits per heavy atom. The van der Waals surface area contributed by atoms with Gasteiger partial charge in [0.05, 0.1) is 0 Å². The number of nitrogens with one attached hydrogen (secondary N) is 1. The molecule has 0 radical (unpaired) electrons. The second-order valence-electron chi connectivity index (χ2n) is 4.57. The van der Waals surface area contributed by atoms with E-state index in [9.17, 15) is 4.79 Å². The van der Waals surface area contributed by atoms with Gasteiger partial charge in [0.2, 0.25) is 0 Å². The lowest BCUT2D eigenvalue weighted by Gasteiger charge is -2.11. The van der Waals surface area contributed by atoms with Crippen LogP contribution in [-0.4, -0.2) is 10.8 Å². The maximum absolute atomic E-state index is 11.6. The van der Waals surface area contributed by atoms with Gasteiger partial charge in [0.1, 0.15) is 0 Å². The van der Waals surface area contributed by atoms with E-state index in [0.717, 1.165) is 23.9 Å². The molecule has 0 fully saturated rings. The van der Waals surface area contributed by atoms with Gasteiger partial charge in [-0.15, -0.1) is 0 Å². The van der Waals surface area contributed by atoms with E-state index in [1.807, 2.05) is 12.1 Å². The van der Waals surface area contributed by atoms with Crippen LogP contribution in [0.3, 0.4) is 0 Å². The summed E-state index contributed by atoms with van der Waals surface area (Å²) in [5.41, 5.74) is 4.72. The molecule has 1 aromatic carbocycles. The zero-order chi connectivity index (χ0) is 11.1. The third kappa shape index (κ3) is 1.29. The Labute approximate surface area is 94.7 Å². The molecule has 1 aliphatic carbocycles. The van der Waals surface area contributed by atoms with Gasteiger partial charge in [-0.1, -0.05) is 12.1 Å². The van der Waals surface area contributed by atoms with Crippen molar-refractivity contribution in [1.82, 2.24) is 4.98 Å². The SMILES string of the molecule is CC(=O)c1cccc2[nH]c3c(c12)CCCC3. The van der Waals surface area contributed by atoms with Crippen molar-refractivity contribution in [2.24, 2.45) is 0 Å². The Hall–Kier alpha value is -1.57. The van der Waals surface area contributed by atoms with Gasteiger partial charge in [-0.25, -0.2) is 0 Å². The van der Waals surface area contributed by atoms with Crippen molar-refractivity contribution in [3.8, 4) is 0 Å². The molecule has 3 rings (SSSR count). The van der Waals surface area contributed by atoms with Gasteiger partial charge < -0.3 is 4.98 Å². The quantitative estimate of drug-likeness (QED) is 0.725. The molecule has 0 saturated heterocycles. The molecular weight excluding hydrogens is 198 g/mol. The number of carbonyl (C=O) groups excluding carboxylic acids is 1. The van der Waals surface area contributed by atoms with Crippen LogP contribution >= 0.6 is 0 Å². The highest BCUT2D eigenvalue weighted by molar-refractivity contribution is 6.08. The highest BCUT2D eigenvalue weighted by atomic mass is 16.1. The first-order chi connectivity index (χ1) is 7.77. The minimum absolute atomic E-state index is 0.165. The minimum atomic E-state index is 0.165. The highest BCUT2D eigenvalue weighted by Crippen LogP contribution is 2.31. The van der Waals surface area contributed by atoms with Gasteiger partial charge in [-0.2, -0.15) is 0 Å². The molecule has 0 atom stereocenters. The van der Waals surface area contributed by atoms with Crippen molar-refractivity contribution in [3.63, 3.8) is 0 Å². The van der Waals surface area contributed by atoms with Crippen LogP contribution in [0.15, 0.2) is 18.2 Å². The van der Waals surface area contributed by atoms with E-state index in [0.29, 0.717) is 0 Å². The van der Waals surface area contributed by atoms with Gasteiger partial charge in [-0.05, 0) is 44.2 Å². The first-order valence-corrected chi connectivity index (χ1v) is 5.91. The fourth-order valence-electron chi connectivity index (χ4n) is 2.76. The number of rotatable bonds is 1. The average Bonchev–Trinajstić information content (AvgIpc) is 2.66. The van der Waals surface area contributed by atoms with E-state index < -0.39 is 0 Å². The summed E-state index contributed by atoms with van der Waals surface area (Å²) in [5.74, 6) is 0.165. The van der Waals surface area contributed by atoms with Crippen LogP contribution in [0.2, 0.25) is 0 Å². The maximum atomic E-state index is 11.6. The summed E-state index contributed by atoms with van der Waals surface area (Å²) >= 11 is 0. The fraction of sp³-hybridized carbons (Fsp3) is 0.357. The monoisotopic (exact) mass is 213 g/mol. The number of aromatic amines is 1. The van der Waals surface area contributed by atoms with Crippen molar-refractivity contribution in [2.45, 2.75) is 32.6 Å². The molecule has 0 bridgehead atoms. The average molecular weight is 213 g/mol. The van der Waals surface area contributed by atoms with E-state index in [4.69, 9.17) is 0 Å². The van der Waals surface area contributed by atoms with Crippen molar-refractivity contribution < 1.29 is 4.79 Å². The zero-order valence-corrected chi connectivity index (χ0v) is 9.47. The number of ketones is 1. The summed E-state index contributed by atoms with van der Waals surface area (Å²) in [6.45, 7) is 1.65. The summed E-state index contributed by atoms with van der Waals surface area (Å²) in [7, 11) is 0. The van der Waals surface area contributed by atoms with Crippen LogP contribution in [0.1, 0.15) is 41.4 Å². The summed E-state index contributed by atoms with van der Waals surface area (Å²) in [6, 6.07) is 5.97. The van der Waals surface area contributed by atoms with Crippen LogP contribution in [0.4, 0.5) is 0 Å². The maximum Gasteiger partial charge on any atom is 0.160 e. The van der Waals surface area contributed by atoms with E-state index >= 15 is 0 Å². The predicted octanol–water partition coefficient (Wildman–Crippen LogP) is 3.25. The Balaban J connectivity index is 2.36. The first-order valence-electron chi connectivity index (χ1n) is 5.91. The Kier molecular flexibility index (Phi) is 2.10. The number of benzene rings is 1. The second kappa shape index (κ2) is 3.48. The molecule has 1 aromatic heterocycles. The Morgan fingerprint density at radius 3 is 2.88 bits per heavy atom. The molecule has 0 unspecified atom stereocenters. The summed E-state index contributed by atoms with van der Waals surface area (Å²) in [6.07, 6.45) is 4.74. The predicted molar refractivity (Wildman–Crippen MR) is 64.9 cm³/mol. The lowest BCUT2D eigenvalue weighted by molar-refractivity contribution is 0.101. The number of aryl methyl sites for hydroxylation is 2. The van der Waals surface area contributed by atoms with Gasteiger partial charge in [0, 0.05) is 22.2 Å². The number of hydrogen-bond donors (Lipinski definition) is 1.